The van der Waals surface area contributed by atoms with Crippen LogP contribution in [0.25, 0.3) is 0 Å². The molecule has 3 rings (SSSR count). The third-order valence-electron chi connectivity index (χ3n) is 5.66. The summed E-state index contributed by atoms with van der Waals surface area (Å²) in [6.45, 7) is 1.33. The molecule has 0 bridgehead atoms. The van der Waals surface area contributed by atoms with Gasteiger partial charge in [0.25, 0.3) is 0 Å². The normalized spacial score (nSPS) is 12.7. The zero-order valence-electron chi connectivity index (χ0n) is 21.1. The molecular formula is C27H24F6N2O5. The number of amides is 2. The average Bonchev–Trinajstić information content (AvgIpc) is 2.86. The molecule has 0 aromatic heterocycles. The van der Waals surface area contributed by atoms with Crippen LogP contribution < -0.4 is 20.1 Å². The minimum Gasteiger partial charge on any atom is -0.467 e. The van der Waals surface area contributed by atoms with Crippen molar-refractivity contribution in [3.05, 3.63) is 95.6 Å². The molecule has 0 radical (unpaired) electrons. The van der Waals surface area contributed by atoms with Gasteiger partial charge in [0.1, 0.15) is 17.5 Å². The first kappa shape index (κ1) is 30.1. The molecular weight excluding hydrogens is 546 g/mol. The van der Waals surface area contributed by atoms with E-state index >= 15 is 0 Å². The number of esters is 1. The van der Waals surface area contributed by atoms with Crippen LogP contribution in [0.1, 0.15) is 23.6 Å². The van der Waals surface area contributed by atoms with E-state index in [4.69, 9.17) is 0 Å². The van der Waals surface area contributed by atoms with Crippen molar-refractivity contribution in [2.75, 3.05) is 7.11 Å². The largest absolute Gasteiger partial charge is 0.573 e. The average molecular weight is 570 g/mol. The number of ether oxygens (including phenoxy) is 3. The van der Waals surface area contributed by atoms with Gasteiger partial charge < -0.3 is 24.8 Å². The van der Waals surface area contributed by atoms with E-state index in [9.17, 15) is 35.9 Å². The zero-order valence-corrected chi connectivity index (χ0v) is 21.1. The van der Waals surface area contributed by atoms with Crippen molar-refractivity contribution >= 4 is 12.0 Å². The summed E-state index contributed by atoms with van der Waals surface area (Å²) in [6.07, 6.45) is -10.2. The Balaban J connectivity index is 2.23. The maximum atomic E-state index is 13.2. The molecule has 13 heteroatoms. The van der Waals surface area contributed by atoms with Gasteiger partial charge in [-0.05, 0) is 47.9 Å². The second-order valence-corrected chi connectivity index (χ2v) is 8.56. The van der Waals surface area contributed by atoms with Crippen molar-refractivity contribution in [3.63, 3.8) is 0 Å². The fourth-order valence-corrected chi connectivity index (χ4v) is 4.04. The Morgan fingerprint density at radius 2 is 1.27 bits per heavy atom. The van der Waals surface area contributed by atoms with Gasteiger partial charge in [0.15, 0.2) is 0 Å². The van der Waals surface area contributed by atoms with Gasteiger partial charge in [-0.3, -0.25) is 0 Å². The molecule has 3 aromatic carbocycles. The van der Waals surface area contributed by atoms with Gasteiger partial charge >= 0.3 is 24.7 Å². The topological polar surface area (TPSA) is 85.9 Å². The highest BCUT2D eigenvalue weighted by Gasteiger charge is 2.39. The molecule has 2 amide bonds. The number of carbonyl (C=O) groups is 2. The standard InChI is InChI=1S/C27H24F6N2O5/c1-17(23(36)38-2)34-24(37)35-25(16-18-8-4-3-5-9-18,19-10-6-12-21(14-19)39-26(28,29)30)20-11-7-13-22(15-20)40-27(31,32)33/h3-15,17H,16H2,1-2H3,(H2,34,35,37)/t17-/m1/s1. The number of urea groups is 1. The first-order chi connectivity index (χ1) is 18.7. The van der Waals surface area contributed by atoms with Crippen molar-refractivity contribution in [2.45, 2.75) is 37.7 Å². The molecule has 0 saturated heterocycles. The summed E-state index contributed by atoms with van der Waals surface area (Å²) in [5.41, 5.74) is -1.17. The Labute approximate surface area is 225 Å². The van der Waals surface area contributed by atoms with E-state index in [0.717, 1.165) is 31.4 Å². The van der Waals surface area contributed by atoms with Crippen LogP contribution in [0.2, 0.25) is 0 Å². The molecule has 0 saturated carbocycles. The lowest BCUT2D eigenvalue weighted by atomic mass is 9.77. The Morgan fingerprint density at radius 1 is 0.775 bits per heavy atom. The number of nitrogens with one attached hydrogen (secondary N) is 2. The number of alkyl halides is 6. The minimum atomic E-state index is -5.04. The highest BCUT2D eigenvalue weighted by atomic mass is 19.4. The van der Waals surface area contributed by atoms with Crippen LogP contribution >= 0.6 is 0 Å². The fourth-order valence-electron chi connectivity index (χ4n) is 4.04. The zero-order chi connectivity index (χ0) is 29.6. The van der Waals surface area contributed by atoms with E-state index in [1.807, 2.05) is 0 Å². The minimum absolute atomic E-state index is 0.0307. The first-order valence-electron chi connectivity index (χ1n) is 11.6. The molecule has 40 heavy (non-hydrogen) atoms. The van der Waals surface area contributed by atoms with Crippen LogP contribution in [0.4, 0.5) is 31.1 Å². The summed E-state index contributed by atoms with van der Waals surface area (Å²) in [4.78, 5) is 25.1. The van der Waals surface area contributed by atoms with Crippen LogP contribution in [-0.2, 0) is 21.5 Å². The van der Waals surface area contributed by atoms with Crippen LogP contribution in [0.15, 0.2) is 78.9 Å². The molecule has 0 heterocycles. The van der Waals surface area contributed by atoms with Crippen LogP contribution in [0, 0.1) is 0 Å². The number of hydrogen-bond donors (Lipinski definition) is 2. The molecule has 2 N–H and O–H groups in total. The van der Waals surface area contributed by atoms with Gasteiger partial charge in [-0.1, -0.05) is 54.6 Å². The molecule has 7 nitrogen and oxygen atoms in total. The third kappa shape index (κ3) is 8.29. The Morgan fingerprint density at radius 3 is 1.73 bits per heavy atom. The van der Waals surface area contributed by atoms with Crippen molar-refractivity contribution in [3.8, 4) is 11.5 Å². The van der Waals surface area contributed by atoms with E-state index in [1.54, 1.807) is 30.3 Å². The fraction of sp³-hybridized carbons (Fsp3) is 0.259. The molecule has 0 fully saturated rings. The van der Waals surface area contributed by atoms with E-state index in [2.05, 4.69) is 24.8 Å². The van der Waals surface area contributed by atoms with Crippen molar-refractivity contribution in [2.24, 2.45) is 0 Å². The number of halogens is 6. The van der Waals surface area contributed by atoms with E-state index in [-0.39, 0.29) is 17.5 Å². The lowest BCUT2D eigenvalue weighted by Gasteiger charge is -2.37. The van der Waals surface area contributed by atoms with E-state index in [0.29, 0.717) is 5.56 Å². The molecule has 214 valence electrons. The van der Waals surface area contributed by atoms with Gasteiger partial charge in [0.05, 0.1) is 12.6 Å². The monoisotopic (exact) mass is 570 g/mol. The quantitative estimate of drug-likeness (QED) is 0.250. The molecule has 0 aliphatic rings. The van der Waals surface area contributed by atoms with Gasteiger partial charge in [-0.15, -0.1) is 26.3 Å². The number of carbonyl (C=O) groups excluding carboxylic acids is 2. The highest BCUT2D eigenvalue weighted by Crippen LogP contribution is 2.38. The lowest BCUT2D eigenvalue weighted by Crippen LogP contribution is -2.54. The predicted molar refractivity (Wildman–Crippen MR) is 130 cm³/mol. The summed E-state index contributed by atoms with van der Waals surface area (Å²) < 4.78 is 91.0. The van der Waals surface area contributed by atoms with Gasteiger partial charge in [0.2, 0.25) is 0 Å². The molecule has 0 unspecified atom stereocenters. The second kappa shape index (κ2) is 12.2. The number of rotatable bonds is 9. The summed E-state index contributed by atoms with van der Waals surface area (Å²) in [5, 5.41) is 5.04. The van der Waals surface area contributed by atoms with Gasteiger partial charge in [0, 0.05) is 6.42 Å². The molecule has 0 aliphatic heterocycles. The number of benzene rings is 3. The molecule has 3 aromatic rings. The first-order valence-corrected chi connectivity index (χ1v) is 11.6. The Hall–Kier alpha value is -4.42. The number of hydrogen-bond acceptors (Lipinski definition) is 5. The Kier molecular flexibility index (Phi) is 9.17. The lowest BCUT2D eigenvalue weighted by molar-refractivity contribution is -0.275. The maximum Gasteiger partial charge on any atom is 0.573 e. The van der Waals surface area contributed by atoms with Crippen LogP contribution in [-0.4, -0.2) is 37.9 Å². The van der Waals surface area contributed by atoms with E-state index < -0.39 is 47.8 Å². The summed E-state index contributed by atoms with van der Waals surface area (Å²) in [6, 6.07) is 15.6. The number of methoxy groups -OCH3 is 1. The van der Waals surface area contributed by atoms with Crippen molar-refractivity contribution in [1.82, 2.24) is 10.6 Å². The molecule has 0 spiro atoms. The predicted octanol–water partition coefficient (Wildman–Crippen LogP) is 5.83. The van der Waals surface area contributed by atoms with Gasteiger partial charge in [-0.2, -0.15) is 0 Å². The summed E-state index contributed by atoms with van der Waals surface area (Å²) in [7, 11) is 1.11. The van der Waals surface area contributed by atoms with Crippen LogP contribution in [0.3, 0.4) is 0 Å². The third-order valence-corrected chi connectivity index (χ3v) is 5.66. The van der Waals surface area contributed by atoms with E-state index in [1.165, 1.54) is 31.2 Å². The summed E-state index contributed by atoms with van der Waals surface area (Å²) in [5.74, 6) is -2.05. The smallest absolute Gasteiger partial charge is 0.467 e. The molecule has 0 aliphatic carbocycles. The Bertz CT molecular complexity index is 1260. The van der Waals surface area contributed by atoms with Gasteiger partial charge in [-0.25, -0.2) is 9.59 Å². The maximum absolute atomic E-state index is 13.2. The van der Waals surface area contributed by atoms with Crippen LogP contribution in [0.5, 0.6) is 11.5 Å². The summed E-state index contributed by atoms with van der Waals surface area (Å²) >= 11 is 0. The highest BCUT2D eigenvalue weighted by molar-refractivity contribution is 5.84. The van der Waals surface area contributed by atoms with Crippen molar-refractivity contribution < 1.29 is 50.1 Å². The van der Waals surface area contributed by atoms with Crippen molar-refractivity contribution in [1.29, 1.82) is 0 Å². The second-order valence-electron chi connectivity index (χ2n) is 8.56. The molecule has 1 atom stereocenters. The SMILES string of the molecule is COC(=O)[C@@H](C)NC(=O)NC(Cc1ccccc1)(c1cccc(OC(F)(F)F)c1)c1cccc(OC(F)(F)F)c1.